The first kappa shape index (κ1) is 16.0. The number of hydrogen-bond acceptors (Lipinski definition) is 4. The third-order valence-electron chi connectivity index (χ3n) is 3.71. The molecule has 2 heterocycles. The first-order valence-electron chi connectivity index (χ1n) is 7.57. The third kappa shape index (κ3) is 4.12. The largest absolute Gasteiger partial charge is 0.370 e. The first-order chi connectivity index (χ1) is 11.1. The van der Waals surface area contributed by atoms with E-state index in [4.69, 9.17) is 11.6 Å². The standard InChI is InChI=1S/C17H18ClN3OS/c1-12-19-14(11-23-12)5-7-17(22)20-15-10-13(18)4-6-16(15)21-8-2-3-9-21/h4-7,10-11H,2-3,8-9H2,1H3,(H,20,22)/b7-5+. The van der Waals surface area contributed by atoms with Crippen LogP contribution in [0.5, 0.6) is 0 Å². The summed E-state index contributed by atoms with van der Waals surface area (Å²) in [5, 5.41) is 6.45. The van der Waals surface area contributed by atoms with Gasteiger partial charge in [-0.05, 0) is 44.0 Å². The molecule has 1 fully saturated rings. The Morgan fingerprint density at radius 1 is 1.39 bits per heavy atom. The number of rotatable bonds is 4. The molecule has 1 aromatic heterocycles. The van der Waals surface area contributed by atoms with E-state index in [-0.39, 0.29) is 5.91 Å². The lowest BCUT2D eigenvalue weighted by Crippen LogP contribution is -2.20. The molecule has 23 heavy (non-hydrogen) atoms. The Balaban J connectivity index is 1.74. The fourth-order valence-electron chi connectivity index (χ4n) is 2.63. The average molecular weight is 348 g/mol. The van der Waals surface area contributed by atoms with E-state index in [1.807, 2.05) is 24.4 Å². The molecule has 1 aromatic carbocycles. The van der Waals surface area contributed by atoms with Crippen molar-refractivity contribution in [2.24, 2.45) is 0 Å². The molecule has 1 amide bonds. The number of amides is 1. The summed E-state index contributed by atoms with van der Waals surface area (Å²) in [4.78, 5) is 18.8. The van der Waals surface area contributed by atoms with E-state index in [9.17, 15) is 4.79 Å². The molecule has 1 N–H and O–H groups in total. The maximum absolute atomic E-state index is 12.2. The smallest absolute Gasteiger partial charge is 0.248 e. The molecule has 0 unspecified atom stereocenters. The summed E-state index contributed by atoms with van der Waals surface area (Å²) in [6.45, 7) is 3.97. The molecule has 0 atom stereocenters. The zero-order valence-corrected chi connectivity index (χ0v) is 14.5. The van der Waals surface area contributed by atoms with Gasteiger partial charge in [-0.25, -0.2) is 4.98 Å². The molecule has 0 aliphatic carbocycles. The van der Waals surface area contributed by atoms with Gasteiger partial charge in [0.25, 0.3) is 0 Å². The maximum atomic E-state index is 12.2. The second-order valence-electron chi connectivity index (χ2n) is 5.47. The number of halogens is 1. The molecule has 1 aliphatic rings. The van der Waals surface area contributed by atoms with Gasteiger partial charge in [0.2, 0.25) is 5.91 Å². The van der Waals surface area contributed by atoms with Gasteiger partial charge in [0.15, 0.2) is 0 Å². The van der Waals surface area contributed by atoms with Gasteiger partial charge >= 0.3 is 0 Å². The zero-order chi connectivity index (χ0) is 16.2. The van der Waals surface area contributed by atoms with Crippen molar-refractivity contribution >= 4 is 46.3 Å². The van der Waals surface area contributed by atoms with Gasteiger partial charge in [-0.15, -0.1) is 11.3 Å². The number of benzene rings is 1. The molecule has 0 bridgehead atoms. The second-order valence-corrected chi connectivity index (χ2v) is 6.97. The topological polar surface area (TPSA) is 45.2 Å². The third-order valence-corrected chi connectivity index (χ3v) is 4.73. The highest BCUT2D eigenvalue weighted by Gasteiger charge is 2.16. The van der Waals surface area contributed by atoms with Crippen LogP contribution in [0.15, 0.2) is 29.7 Å². The fourth-order valence-corrected chi connectivity index (χ4v) is 3.39. The number of aryl methyl sites for hydroxylation is 1. The Labute approximate surface area is 144 Å². The number of hydrogen-bond donors (Lipinski definition) is 1. The van der Waals surface area contributed by atoms with Crippen molar-refractivity contribution in [2.75, 3.05) is 23.3 Å². The summed E-state index contributed by atoms with van der Waals surface area (Å²) in [6, 6.07) is 5.63. The monoisotopic (exact) mass is 347 g/mol. The fraction of sp³-hybridized carbons (Fsp3) is 0.294. The van der Waals surface area contributed by atoms with Gasteiger partial charge in [0.05, 0.1) is 22.1 Å². The lowest BCUT2D eigenvalue weighted by molar-refractivity contribution is -0.111. The van der Waals surface area contributed by atoms with Crippen LogP contribution in [0.2, 0.25) is 5.02 Å². The van der Waals surface area contributed by atoms with Crippen LogP contribution in [0, 0.1) is 6.92 Å². The van der Waals surface area contributed by atoms with Crippen molar-refractivity contribution in [3.05, 3.63) is 45.4 Å². The minimum Gasteiger partial charge on any atom is -0.370 e. The van der Waals surface area contributed by atoms with Crippen LogP contribution in [-0.4, -0.2) is 24.0 Å². The van der Waals surface area contributed by atoms with Crippen LogP contribution in [0.1, 0.15) is 23.5 Å². The molecule has 0 spiro atoms. The Bertz CT molecular complexity index is 735. The van der Waals surface area contributed by atoms with Crippen molar-refractivity contribution < 1.29 is 4.79 Å². The minimum absolute atomic E-state index is 0.182. The summed E-state index contributed by atoms with van der Waals surface area (Å²) in [5.41, 5.74) is 2.58. The van der Waals surface area contributed by atoms with Crippen molar-refractivity contribution in [1.82, 2.24) is 4.98 Å². The lowest BCUT2D eigenvalue weighted by atomic mass is 10.2. The van der Waals surface area contributed by atoms with Gasteiger partial charge < -0.3 is 10.2 Å². The number of nitrogens with one attached hydrogen (secondary N) is 1. The molecule has 1 aliphatic heterocycles. The number of carbonyl (C=O) groups excluding carboxylic acids is 1. The van der Waals surface area contributed by atoms with Crippen LogP contribution >= 0.6 is 22.9 Å². The summed E-state index contributed by atoms with van der Waals surface area (Å²) in [5.74, 6) is -0.182. The molecule has 120 valence electrons. The van der Waals surface area contributed by atoms with Crippen molar-refractivity contribution in [3.63, 3.8) is 0 Å². The number of carbonyl (C=O) groups is 1. The zero-order valence-electron chi connectivity index (χ0n) is 12.9. The van der Waals surface area contributed by atoms with Crippen LogP contribution in [0.25, 0.3) is 6.08 Å². The summed E-state index contributed by atoms with van der Waals surface area (Å²) in [6.07, 6.45) is 5.58. The molecule has 0 saturated carbocycles. The minimum atomic E-state index is -0.182. The molecular weight excluding hydrogens is 330 g/mol. The number of aromatic nitrogens is 1. The van der Waals surface area contributed by atoms with Gasteiger partial charge in [0, 0.05) is 29.6 Å². The number of thiazole rings is 1. The highest BCUT2D eigenvalue weighted by atomic mass is 35.5. The first-order valence-corrected chi connectivity index (χ1v) is 8.83. The van der Waals surface area contributed by atoms with E-state index < -0.39 is 0 Å². The van der Waals surface area contributed by atoms with E-state index >= 15 is 0 Å². The van der Waals surface area contributed by atoms with Gasteiger partial charge in [-0.2, -0.15) is 0 Å². The Morgan fingerprint density at radius 2 is 2.17 bits per heavy atom. The van der Waals surface area contributed by atoms with Crippen LogP contribution in [0.4, 0.5) is 11.4 Å². The highest BCUT2D eigenvalue weighted by Crippen LogP contribution is 2.31. The molecular formula is C17H18ClN3OS. The molecule has 2 aromatic rings. The summed E-state index contributed by atoms with van der Waals surface area (Å²) >= 11 is 7.65. The Morgan fingerprint density at radius 3 is 2.87 bits per heavy atom. The van der Waals surface area contributed by atoms with Crippen molar-refractivity contribution in [1.29, 1.82) is 0 Å². The molecule has 4 nitrogen and oxygen atoms in total. The summed E-state index contributed by atoms with van der Waals surface area (Å²) < 4.78 is 0. The van der Waals surface area contributed by atoms with Gasteiger partial charge in [0.1, 0.15) is 0 Å². The van der Waals surface area contributed by atoms with E-state index in [1.165, 1.54) is 18.9 Å². The lowest BCUT2D eigenvalue weighted by Gasteiger charge is -2.21. The predicted octanol–water partition coefficient (Wildman–Crippen LogP) is 4.36. The Hall–Kier alpha value is -1.85. The van der Waals surface area contributed by atoms with E-state index in [0.29, 0.717) is 5.02 Å². The van der Waals surface area contributed by atoms with Crippen LogP contribution in [0.3, 0.4) is 0 Å². The second kappa shape index (κ2) is 7.15. The summed E-state index contributed by atoms with van der Waals surface area (Å²) in [7, 11) is 0. The van der Waals surface area contributed by atoms with Crippen LogP contribution in [-0.2, 0) is 4.79 Å². The van der Waals surface area contributed by atoms with Crippen molar-refractivity contribution in [3.8, 4) is 0 Å². The SMILES string of the molecule is Cc1nc(/C=C/C(=O)Nc2cc(Cl)ccc2N2CCCC2)cs1. The normalized spacial score (nSPS) is 14.6. The maximum Gasteiger partial charge on any atom is 0.248 e. The molecule has 1 saturated heterocycles. The quantitative estimate of drug-likeness (QED) is 0.836. The van der Waals surface area contributed by atoms with E-state index in [2.05, 4.69) is 15.2 Å². The van der Waals surface area contributed by atoms with E-state index in [0.717, 1.165) is 35.2 Å². The van der Waals surface area contributed by atoms with Crippen molar-refractivity contribution in [2.45, 2.75) is 19.8 Å². The average Bonchev–Trinajstić information content (AvgIpc) is 3.17. The van der Waals surface area contributed by atoms with E-state index in [1.54, 1.807) is 23.5 Å². The molecule has 3 rings (SSSR count). The predicted molar refractivity (Wildman–Crippen MR) is 97.4 cm³/mol. The van der Waals surface area contributed by atoms with Gasteiger partial charge in [-0.1, -0.05) is 11.6 Å². The molecule has 6 heteroatoms. The van der Waals surface area contributed by atoms with Gasteiger partial charge in [-0.3, -0.25) is 4.79 Å². The number of anilines is 2. The Kier molecular flexibility index (Phi) is 4.98. The van der Waals surface area contributed by atoms with Crippen LogP contribution < -0.4 is 10.2 Å². The number of nitrogens with zero attached hydrogens (tertiary/aromatic N) is 2. The molecule has 0 radical (unpaired) electrons. The highest BCUT2D eigenvalue weighted by molar-refractivity contribution is 7.09.